The van der Waals surface area contributed by atoms with Crippen molar-refractivity contribution in [2.45, 2.75) is 38.6 Å². The number of amides is 1. The van der Waals surface area contributed by atoms with Gasteiger partial charge < -0.3 is 10.4 Å². The first-order chi connectivity index (χ1) is 8.08. The summed E-state index contributed by atoms with van der Waals surface area (Å²) in [7, 11) is 0. The molecule has 0 aromatic heterocycles. The van der Waals surface area contributed by atoms with E-state index in [1.807, 2.05) is 0 Å². The van der Waals surface area contributed by atoms with E-state index in [2.05, 4.69) is 12.2 Å². The number of aliphatic carboxylic acids is 1. The summed E-state index contributed by atoms with van der Waals surface area (Å²) in [6, 6.07) is -0.105. The third-order valence-corrected chi connectivity index (χ3v) is 4.96. The molecule has 6 unspecified atom stereocenters. The first-order valence-corrected chi connectivity index (χ1v) is 6.61. The summed E-state index contributed by atoms with van der Waals surface area (Å²) in [4.78, 5) is 23.2. The summed E-state index contributed by atoms with van der Waals surface area (Å²) in [5.41, 5.74) is 0. The highest BCUT2D eigenvalue weighted by atomic mass is 16.4. The van der Waals surface area contributed by atoms with E-state index in [0.717, 1.165) is 25.7 Å². The van der Waals surface area contributed by atoms with Gasteiger partial charge in [0.15, 0.2) is 0 Å². The predicted octanol–water partition coefficient (Wildman–Crippen LogP) is 1.26. The highest BCUT2D eigenvalue weighted by Crippen LogP contribution is 2.49. The highest BCUT2D eigenvalue weighted by Gasteiger charge is 2.52. The van der Waals surface area contributed by atoms with Crippen molar-refractivity contribution in [2.24, 2.45) is 29.6 Å². The van der Waals surface area contributed by atoms with Crippen LogP contribution < -0.4 is 5.32 Å². The van der Waals surface area contributed by atoms with Crippen LogP contribution in [0.25, 0.3) is 0 Å². The van der Waals surface area contributed by atoms with Gasteiger partial charge in [-0.05, 0) is 43.4 Å². The molecule has 4 nitrogen and oxygen atoms in total. The van der Waals surface area contributed by atoms with E-state index in [0.29, 0.717) is 17.8 Å². The molecule has 0 spiro atoms. The maximum absolute atomic E-state index is 11.9. The van der Waals surface area contributed by atoms with E-state index < -0.39 is 5.97 Å². The molecule has 3 rings (SSSR count). The van der Waals surface area contributed by atoms with Gasteiger partial charge >= 0.3 is 5.97 Å². The Hall–Kier alpha value is -1.06. The van der Waals surface area contributed by atoms with Crippen molar-refractivity contribution in [3.05, 3.63) is 0 Å². The molecule has 17 heavy (non-hydrogen) atoms. The van der Waals surface area contributed by atoms with E-state index in [4.69, 9.17) is 0 Å². The fraction of sp³-hybridized carbons (Fsp3) is 0.846. The van der Waals surface area contributed by atoms with Crippen LogP contribution in [0.3, 0.4) is 0 Å². The van der Waals surface area contributed by atoms with Crippen LogP contribution >= 0.6 is 0 Å². The molecule has 0 aliphatic heterocycles. The van der Waals surface area contributed by atoms with E-state index in [-0.39, 0.29) is 23.8 Å². The number of fused-ring (bicyclic) bond motifs is 2. The Labute approximate surface area is 101 Å². The Kier molecular flexibility index (Phi) is 2.42. The Morgan fingerprint density at radius 3 is 2.41 bits per heavy atom. The van der Waals surface area contributed by atoms with Gasteiger partial charge in [0.05, 0.1) is 5.92 Å². The lowest BCUT2D eigenvalue weighted by atomic mass is 9.84. The van der Waals surface area contributed by atoms with E-state index in [9.17, 15) is 14.7 Å². The Morgan fingerprint density at radius 2 is 1.82 bits per heavy atom. The summed E-state index contributed by atoms with van der Waals surface area (Å²) in [5, 5.41) is 12.3. The first-order valence-electron chi connectivity index (χ1n) is 6.61. The third-order valence-electron chi connectivity index (χ3n) is 4.96. The van der Waals surface area contributed by atoms with Crippen LogP contribution in [0.5, 0.6) is 0 Å². The number of nitrogens with one attached hydrogen (secondary N) is 1. The van der Waals surface area contributed by atoms with Crippen LogP contribution in [0, 0.1) is 29.6 Å². The summed E-state index contributed by atoms with van der Waals surface area (Å²) in [6.07, 6.45) is 4.06. The lowest BCUT2D eigenvalue weighted by molar-refractivity contribution is -0.144. The zero-order valence-corrected chi connectivity index (χ0v) is 10.1. The molecule has 0 aromatic rings. The van der Waals surface area contributed by atoms with Crippen LogP contribution in [0.15, 0.2) is 0 Å². The van der Waals surface area contributed by atoms with Crippen molar-refractivity contribution in [1.29, 1.82) is 0 Å². The Balaban J connectivity index is 1.69. The van der Waals surface area contributed by atoms with E-state index >= 15 is 0 Å². The smallest absolute Gasteiger partial charge is 0.308 e. The molecular formula is C13H19NO3. The number of carbonyl (C=O) groups excluding carboxylic acids is 1. The maximum Gasteiger partial charge on any atom is 0.308 e. The number of hydrogen-bond acceptors (Lipinski definition) is 2. The van der Waals surface area contributed by atoms with Gasteiger partial charge in [-0.15, -0.1) is 0 Å². The molecule has 4 heteroatoms. The fourth-order valence-electron chi connectivity index (χ4n) is 3.81. The van der Waals surface area contributed by atoms with Crippen LogP contribution in [-0.4, -0.2) is 23.0 Å². The average Bonchev–Trinajstić information content (AvgIpc) is 2.73. The van der Waals surface area contributed by atoms with Crippen molar-refractivity contribution in [3.63, 3.8) is 0 Å². The van der Waals surface area contributed by atoms with Crippen molar-refractivity contribution in [2.75, 3.05) is 0 Å². The van der Waals surface area contributed by atoms with E-state index in [1.54, 1.807) is 0 Å². The first kappa shape index (κ1) is 11.1. The van der Waals surface area contributed by atoms with Crippen LogP contribution in [0.1, 0.15) is 32.6 Å². The molecule has 1 amide bonds. The Morgan fingerprint density at radius 1 is 1.18 bits per heavy atom. The normalized spacial score (nSPS) is 46.9. The van der Waals surface area contributed by atoms with Gasteiger partial charge in [-0.2, -0.15) is 0 Å². The fourth-order valence-corrected chi connectivity index (χ4v) is 3.81. The van der Waals surface area contributed by atoms with E-state index in [1.165, 1.54) is 0 Å². The molecule has 3 fully saturated rings. The molecule has 2 N–H and O–H groups in total. The molecule has 0 radical (unpaired) electrons. The van der Waals surface area contributed by atoms with Gasteiger partial charge in [0.2, 0.25) is 5.91 Å². The average molecular weight is 237 g/mol. The number of carboxylic acid groups (broad SMARTS) is 1. The van der Waals surface area contributed by atoms with Gasteiger partial charge in [0.1, 0.15) is 0 Å². The maximum atomic E-state index is 11.9. The molecule has 2 bridgehead atoms. The van der Waals surface area contributed by atoms with Gasteiger partial charge in [0.25, 0.3) is 0 Å². The minimum atomic E-state index is -0.730. The second-order valence-electron chi connectivity index (χ2n) is 6.05. The quantitative estimate of drug-likeness (QED) is 0.776. The molecule has 0 saturated heterocycles. The predicted molar refractivity (Wildman–Crippen MR) is 61.2 cm³/mol. The molecule has 3 saturated carbocycles. The largest absolute Gasteiger partial charge is 0.481 e. The van der Waals surface area contributed by atoms with Gasteiger partial charge in [-0.25, -0.2) is 0 Å². The zero-order chi connectivity index (χ0) is 12.2. The van der Waals surface area contributed by atoms with Gasteiger partial charge in [-0.3, -0.25) is 9.59 Å². The van der Waals surface area contributed by atoms with Crippen molar-refractivity contribution >= 4 is 11.9 Å². The molecular weight excluding hydrogens is 218 g/mol. The summed E-state index contributed by atoms with van der Waals surface area (Å²) < 4.78 is 0. The Bertz CT molecular complexity index is 368. The molecule has 3 aliphatic rings. The topological polar surface area (TPSA) is 66.4 Å². The monoisotopic (exact) mass is 237 g/mol. The molecule has 3 aliphatic carbocycles. The lowest BCUT2D eigenvalue weighted by Crippen LogP contribution is -2.47. The number of carbonyl (C=O) groups is 2. The van der Waals surface area contributed by atoms with Crippen LogP contribution in [0.4, 0.5) is 0 Å². The van der Waals surface area contributed by atoms with Crippen molar-refractivity contribution in [3.8, 4) is 0 Å². The number of carboxylic acids is 1. The number of hydrogen-bond donors (Lipinski definition) is 2. The van der Waals surface area contributed by atoms with Gasteiger partial charge in [0, 0.05) is 12.0 Å². The van der Waals surface area contributed by atoms with Crippen molar-refractivity contribution < 1.29 is 14.7 Å². The summed E-state index contributed by atoms with van der Waals surface area (Å²) in [5.74, 6) is 0.332. The van der Waals surface area contributed by atoms with Crippen molar-refractivity contribution in [1.82, 2.24) is 5.32 Å². The minimum absolute atomic E-state index is 0.0845. The minimum Gasteiger partial charge on any atom is -0.481 e. The van der Waals surface area contributed by atoms with Crippen LogP contribution in [0.2, 0.25) is 0 Å². The SMILES string of the molecule is CC1CC1C(=O)NC1C2CCC(C2)C1C(=O)O. The molecule has 0 aromatic carbocycles. The highest BCUT2D eigenvalue weighted by molar-refractivity contribution is 5.83. The molecule has 0 heterocycles. The second kappa shape index (κ2) is 3.72. The summed E-state index contributed by atoms with van der Waals surface area (Å²) in [6.45, 7) is 2.07. The molecule has 6 atom stereocenters. The van der Waals surface area contributed by atoms with Crippen LogP contribution in [-0.2, 0) is 9.59 Å². The third kappa shape index (κ3) is 1.74. The zero-order valence-electron chi connectivity index (χ0n) is 10.1. The number of rotatable bonds is 3. The summed E-state index contributed by atoms with van der Waals surface area (Å²) >= 11 is 0. The molecule has 94 valence electrons. The standard InChI is InChI=1S/C13H19NO3/c1-6-4-9(6)12(15)14-11-8-3-2-7(5-8)10(11)13(16)17/h6-11H,2-5H2,1H3,(H,14,15)(H,16,17). The second-order valence-corrected chi connectivity index (χ2v) is 6.05. The van der Waals surface area contributed by atoms with Gasteiger partial charge in [-0.1, -0.05) is 6.92 Å². The lowest BCUT2D eigenvalue weighted by Gasteiger charge is -2.28.